The van der Waals surface area contributed by atoms with Crippen molar-refractivity contribution in [1.82, 2.24) is 9.97 Å². The second kappa shape index (κ2) is 3.94. The van der Waals surface area contributed by atoms with Crippen LogP contribution in [0.2, 0.25) is 0 Å². The predicted octanol–water partition coefficient (Wildman–Crippen LogP) is -0.125. The second-order valence-electron chi connectivity index (χ2n) is 2.14. The summed E-state index contributed by atoms with van der Waals surface area (Å²) in [5.41, 5.74) is 11.2. The van der Waals surface area contributed by atoms with Gasteiger partial charge in [0.1, 0.15) is 5.82 Å². The van der Waals surface area contributed by atoms with E-state index < -0.39 is 0 Å². The molecular formula is C6H9N5OS. The molecule has 0 fully saturated rings. The molecule has 0 atom stereocenters. The van der Waals surface area contributed by atoms with Gasteiger partial charge in [0, 0.05) is 6.20 Å². The average molecular weight is 199 g/mol. The summed E-state index contributed by atoms with van der Waals surface area (Å²) in [6.07, 6.45) is 3.25. The van der Waals surface area contributed by atoms with Crippen LogP contribution in [0.4, 0.5) is 5.82 Å². The smallest absolute Gasteiger partial charge is 0.189 e. The van der Waals surface area contributed by atoms with Gasteiger partial charge in [-0.25, -0.2) is 9.97 Å². The lowest BCUT2D eigenvalue weighted by molar-refractivity contribution is 0.318. The van der Waals surface area contributed by atoms with E-state index in [0.29, 0.717) is 10.7 Å². The van der Waals surface area contributed by atoms with Crippen molar-refractivity contribution in [1.29, 1.82) is 0 Å². The van der Waals surface area contributed by atoms with Crippen molar-refractivity contribution in [2.45, 2.75) is 5.16 Å². The number of amidine groups is 1. The summed E-state index contributed by atoms with van der Waals surface area (Å²) >= 11 is 1.37. The Morgan fingerprint density at radius 2 is 2.38 bits per heavy atom. The fourth-order valence-electron chi connectivity index (χ4n) is 0.728. The van der Waals surface area contributed by atoms with E-state index in [2.05, 4.69) is 15.1 Å². The first-order chi connectivity index (χ1) is 6.19. The van der Waals surface area contributed by atoms with Crippen LogP contribution in [0.3, 0.4) is 0 Å². The van der Waals surface area contributed by atoms with Crippen LogP contribution < -0.4 is 11.5 Å². The van der Waals surface area contributed by atoms with Crippen LogP contribution >= 0.6 is 11.8 Å². The molecule has 0 unspecified atom stereocenters. The van der Waals surface area contributed by atoms with E-state index in [0.717, 1.165) is 0 Å². The fraction of sp³-hybridized carbons (Fsp3) is 0.167. The summed E-state index contributed by atoms with van der Waals surface area (Å²) in [4.78, 5) is 7.85. The van der Waals surface area contributed by atoms with Crippen LogP contribution in [-0.2, 0) is 0 Å². The predicted molar refractivity (Wildman–Crippen MR) is 50.7 cm³/mol. The van der Waals surface area contributed by atoms with Crippen molar-refractivity contribution in [2.75, 3.05) is 12.0 Å². The molecule has 1 rings (SSSR count). The molecule has 0 spiro atoms. The van der Waals surface area contributed by atoms with Crippen LogP contribution in [-0.4, -0.2) is 27.3 Å². The summed E-state index contributed by atoms with van der Waals surface area (Å²) in [6.45, 7) is 0. The number of hydrogen-bond acceptors (Lipinski definition) is 6. The van der Waals surface area contributed by atoms with Crippen molar-refractivity contribution >= 4 is 23.4 Å². The van der Waals surface area contributed by atoms with Gasteiger partial charge in [0.2, 0.25) is 0 Å². The highest BCUT2D eigenvalue weighted by molar-refractivity contribution is 7.98. The zero-order valence-corrected chi connectivity index (χ0v) is 7.75. The Bertz CT molecular complexity index is 340. The number of rotatable bonds is 2. The Morgan fingerprint density at radius 1 is 1.69 bits per heavy atom. The standard InChI is InChI=1S/C6H9N5OS/c1-13-6-9-2-3(4(7)10-6)5(8)11-12/h2,12H,1H3,(H2,8,11)(H2,7,9,10). The van der Waals surface area contributed by atoms with Gasteiger partial charge in [-0.05, 0) is 6.26 Å². The van der Waals surface area contributed by atoms with Crippen molar-refractivity contribution in [3.05, 3.63) is 11.8 Å². The van der Waals surface area contributed by atoms with Gasteiger partial charge in [-0.15, -0.1) is 0 Å². The van der Waals surface area contributed by atoms with Crippen LogP contribution in [0.1, 0.15) is 5.56 Å². The number of nitrogens with zero attached hydrogens (tertiary/aromatic N) is 3. The van der Waals surface area contributed by atoms with Crippen molar-refractivity contribution < 1.29 is 5.21 Å². The Kier molecular flexibility index (Phi) is 2.91. The minimum Gasteiger partial charge on any atom is -0.409 e. The molecule has 13 heavy (non-hydrogen) atoms. The first kappa shape index (κ1) is 9.59. The molecule has 0 aromatic carbocycles. The zero-order valence-electron chi connectivity index (χ0n) is 6.93. The second-order valence-corrected chi connectivity index (χ2v) is 2.91. The number of thioether (sulfide) groups is 1. The third-order valence-corrected chi connectivity index (χ3v) is 1.92. The van der Waals surface area contributed by atoms with E-state index >= 15 is 0 Å². The van der Waals surface area contributed by atoms with E-state index in [1.807, 2.05) is 6.26 Å². The fourth-order valence-corrected chi connectivity index (χ4v) is 1.08. The van der Waals surface area contributed by atoms with E-state index in [9.17, 15) is 0 Å². The average Bonchev–Trinajstić information content (AvgIpc) is 2.16. The maximum absolute atomic E-state index is 8.39. The highest BCUT2D eigenvalue weighted by atomic mass is 32.2. The number of anilines is 1. The lowest BCUT2D eigenvalue weighted by Gasteiger charge is -2.02. The van der Waals surface area contributed by atoms with Gasteiger partial charge in [0.05, 0.1) is 5.56 Å². The molecule has 6 nitrogen and oxygen atoms in total. The summed E-state index contributed by atoms with van der Waals surface area (Å²) < 4.78 is 0. The summed E-state index contributed by atoms with van der Waals surface area (Å²) in [7, 11) is 0. The molecule has 0 amide bonds. The molecule has 7 heteroatoms. The van der Waals surface area contributed by atoms with E-state index in [4.69, 9.17) is 16.7 Å². The number of hydrogen-bond donors (Lipinski definition) is 3. The molecule has 5 N–H and O–H groups in total. The minimum absolute atomic E-state index is 0.0925. The summed E-state index contributed by atoms with van der Waals surface area (Å²) in [5, 5.41) is 11.7. The lowest BCUT2D eigenvalue weighted by atomic mass is 10.3. The third kappa shape index (κ3) is 2.00. The summed E-state index contributed by atoms with van der Waals surface area (Å²) in [5.74, 6) is 0.111. The molecule has 1 heterocycles. The van der Waals surface area contributed by atoms with Gasteiger partial charge in [0.15, 0.2) is 11.0 Å². The van der Waals surface area contributed by atoms with E-state index in [-0.39, 0.29) is 11.7 Å². The maximum Gasteiger partial charge on any atom is 0.189 e. The van der Waals surface area contributed by atoms with Gasteiger partial charge in [-0.2, -0.15) is 0 Å². The van der Waals surface area contributed by atoms with Gasteiger partial charge in [-0.1, -0.05) is 16.9 Å². The van der Waals surface area contributed by atoms with Crippen molar-refractivity contribution in [2.24, 2.45) is 10.9 Å². The molecule has 1 aromatic rings. The largest absolute Gasteiger partial charge is 0.409 e. The van der Waals surface area contributed by atoms with E-state index in [1.54, 1.807) is 0 Å². The number of nitrogen functional groups attached to an aromatic ring is 1. The number of nitrogens with two attached hydrogens (primary N) is 2. The molecule has 0 bridgehead atoms. The maximum atomic E-state index is 8.39. The summed E-state index contributed by atoms with van der Waals surface area (Å²) in [6, 6.07) is 0. The molecule has 1 aromatic heterocycles. The first-order valence-electron chi connectivity index (χ1n) is 3.33. The Labute approximate surface area is 79.0 Å². The molecule has 0 aliphatic carbocycles. The SMILES string of the molecule is CSc1ncc(/C(N)=N/O)c(N)n1. The van der Waals surface area contributed by atoms with Gasteiger partial charge in [0.25, 0.3) is 0 Å². The molecular weight excluding hydrogens is 190 g/mol. The molecule has 0 aliphatic rings. The lowest BCUT2D eigenvalue weighted by Crippen LogP contribution is -2.16. The van der Waals surface area contributed by atoms with Crippen molar-refractivity contribution in [3.63, 3.8) is 0 Å². The Hall–Kier alpha value is -1.50. The van der Waals surface area contributed by atoms with Crippen LogP contribution in [0.5, 0.6) is 0 Å². The highest BCUT2D eigenvalue weighted by Gasteiger charge is 2.07. The zero-order chi connectivity index (χ0) is 9.84. The van der Waals surface area contributed by atoms with E-state index in [1.165, 1.54) is 18.0 Å². The van der Waals surface area contributed by atoms with Crippen LogP contribution in [0.25, 0.3) is 0 Å². The van der Waals surface area contributed by atoms with Gasteiger partial charge < -0.3 is 16.7 Å². The molecule has 0 saturated heterocycles. The van der Waals surface area contributed by atoms with Crippen LogP contribution in [0.15, 0.2) is 16.5 Å². The first-order valence-corrected chi connectivity index (χ1v) is 4.56. The normalized spacial score (nSPS) is 11.6. The minimum atomic E-state index is -0.0925. The monoisotopic (exact) mass is 199 g/mol. The van der Waals surface area contributed by atoms with Gasteiger partial charge >= 0.3 is 0 Å². The molecule has 0 saturated carbocycles. The Balaban J connectivity index is 3.12. The Morgan fingerprint density at radius 3 is 2.85 bits per heavy atom. The quantitative estimate of drug-likeness (QED) is 0.153. The number of aromatic nitrogens is 2. The number of oxime groups is 1. The third-order valence-electron chi connectivity index (χ3n) is 1.36. The van der Waals surface area contributed by atoms with Crippen LogP contribution in [0, 0.1) is 0 Å². The van der Waals surface area contributed by atoms with Gasteiger partial charge in [-0.3, -0.25) is 0 Å². The highest BCUT2D eigenvalue weighted by Crippen LogP contribution is 2.12. The molecule has 70 valence electrons. The van der Waals surface area contributed by atoms with Crippen molar-refractivity contribution in [3.8, 4) is 0 Å². The molecule has 0 aliphatic heterocycles. The topological polar surface area (TPSA) is 110 Å². The molecule has 0 radical (unpaired) electrons.